The topological polar surface area (TPSA) is 23.8 Å². The molecule has 1 heteroatoms. The quantitative estimate of drug-likeness (QED) is 0.417. The first kappa shape index (κ1) is 15.9. The third-order valence-electron chi connectivity index (χ3n) is 4.55. The van der Waals surface area contributed by atoms with Crippen LogP contribution in [-0.2, 0) is 0 Å². The summed E-state index contributed by atoms with van der Waals surface area (Å²) in [5.41, 5.74) is 7.40. The second kappa shape index (κ2) is 7.09. The molecule has 0 saturated heterocycles. The Balaban J connectivity index is 1.74. The molecule has 0 saturated carbocycles. The molecule has 0 atom stereocenters. The van der Waals surface area contributed by atoms with E-state index in [0.29, 0.717) is 5.56 Å². The molecule has 1 nitrogen and oxygen atoms in total. The van der Waals surface area contributed by atoms with E-state index >= 15 is 0 Å². The number of nitrogens with zero attached hydrogens (tertiary/aromatic N) is 1. The summed E-state index contributed by atoms with van der Waals surface area (Å²) in [4.78, 5) is 0. The summed E-state index contributed by atoms with van der Waals surface area (Å²) in [6, 6.07) is 37.3. The minimum Gasteiger partial charge on any atom is -0.192 e. The fourth-order valence-corrected chi connectivity index (χ4v) is 3.16. The smallest absolute Gasteiger partial charge is 0.0998 e. The second-order valence-corrected chi connectivity index (χ2v) is 6.18. The summed E-state index contributed by atoms with van der Waals surface area (Å²) in [6.45, 7) is 0. The lowest BCUT2D eigenvalue weighted by Gasteiger charge is -2.09. The normalized spacial score (nSPS) is 10.3. The van der Waals surface area contributed by atoms with Crippen LogP contribution in [-0.4, -0.2) is 0 Å². The predicted octanol–water partition coefficient (Wildman–Crippen LogP) is 6.56. The average Bonchev–Trinajstić information content (AvgIpc) is 2.75. The van der Waals surface area contributed by atoms with Gasteiger partial charge in [0.1, 0.15) is 0 Å². The highest BCUT2D eigenvalue weighted by Gasteiger charge is 2.08. The van der Waals surface area contributed by atoms with E-state index in [1.165, 1.54) is 11.1 Å². The van der Waals surface area contributed by atoms with Crippen LogP contribution < -0.4 is 0 Å². The summed E-state index contributed by atoms with van der Waals surface area (Å²) in [6.07, 6.45) is 0. The molecule has 0 bridgehead atoms. The van der Waals surface area contributed by atoms with Gasteiger partial charge in [0.05, 0.1) is 11.6 Å². The van der Waals surface area contributed by atoms with Crippen molar-refractivity contribution in [1.29, 1.82) is 5.26 Å². The van der Waals surface area contributed by atoms with Gasteiger partial charge in [-0.1, -0.05) is 91.0 Å². The number of benzene rings is 4. The lowest BCUT2D eigenvalue weighted by atomic mass is 9.94. The van der Waals surface area contributed by atoms with Crippen molar-refractivity contribution >= 4 is 0 Å². The zero-order chi connectivity index (χ0) is 17.8. The van der Waals surface area contributed by atoms with Crippen LogP contribution >= 0.6 is 0 Å². The Morgan fingerprint density at radius 1 is 0.462 bits per heavy atom. The van der Waals surface area contributed by atoms with Crippen molar-refractivity contribution in [3.63, 3.8) is 0 Å². The standard InChI is InChI=1S/C25H17N/c26-18-24-16-15-23(17-25(24)22-9-5-2-6-10-22)21-13-11-20(12-14-21)19-7-3-1-4-8-19/h1-17H. The molecule has 26 heavy (non-hydrogen) atoms. The van der Waals surface area contributed by atoms with Crippen molar-refractivity contribution in [2.75, 3.05) is 0 Å². The van der Waals surface area contributed by atoms with Gasteiger partial charge in [-0.25, -0.2) is 0 Å². The fraction of sp³-hybridized carbons (Fsp3) is 0. The molecule has 0 fully saturated rings. The SMILES string of the molecule is N#Cc1ccc(-c2ccc(-c3ccccc3)cc2)cc1-c1ccccc1. The predicted molar refractivity (Wildman–Crippen MR) is 107 cm³/mol. The molecule has 0 aliphatic heterocycles. The maximum atomic E-state index is 9.45. The van der Waals surface area contributed by atoms with Gasteiger partial charge in [-0.3, -0.25) is 0 Å². The second-order valence-electron chi connectivity index (χ2n) is 6.18. The molecule has 0 aliphatic rings. The maximum Gasteiger partial charge on any atom is 0.0998 e. The van der Waals surface area contributed by atoms with Crippen LogP contribution in [0.1, 0.15) is 5.56 Å². The molecule has 0 aliphatic carbocycles. The summed E-state index contributed by atoms with van der Waals surface area (Å²) < 4.78 is 0. The first-order valence-corrected chi connectivity index (χ1v) is 8.60. The maximum absolute atomic E-state index is 9.45. The zero-order valence-corrected chi connectivity index (χ0v) is 14.3. The molecule has 122 valence electrons. The Kier molecular flexibility index (Phi) is 4.33. The molecule has 4 rings (SSSR count). The first-order valence-electron chi connectivity index (χ1n) is 8.60. The number of hydrogen-bond acceptors (Lipinski definition) is 1. The number of hydrogen-bond donors (Lipinski definition) is 0. The van der Waals surface area contributed by atoms with Crippen LogP contribution in [0.15, 0.2) is 103 Å². The minimum absolute atomic E-state index is 0.695. The Labute approximate surface area is 153 Å². The van der Waals surface area contributed by atoms with Gasteiger partial charge in [0.25, 0.3) is 0 Å². The van der Waals surface area contributed by atoms with Gasteiger partial charge in [-0.15, -0.1) is 0 Å². The fourth-order valence-electron chi connectivity index (χ4n) is 3.16. The lowest BCUT2D eigenvalue weighted by Crippen LogP contribution is -1.87. The van der Waals surface area contributed by atoms with Crippen molar-refractivity contribution in [2.45, 2.75) is 0 Å². The molecule has 4 aromatic carbocycles. The van der Waals surface area contributed by atoms with Crippen LogP contribution in [0, 0.1) is 11.3 Å². The van der Waals surface area contributed by atoms with Crippen molar-refractivity contribution in [2.24, 2.45) is 0 Å². The summed E-state index contributed by atoms with van der Waals surface area (Å²) >= 11 is 0. The van der Waals surface area contributed by atoms with Crippen LogP contribution in [0.25, 0.3) is 33.4 Å². The molecule has 0 heterocycles. The Bertz CT molecular complexity index is 1060. The van der Waals surface area contributed by atoms with Crippen molar-refractivity contribution in [3.05, 3.63) is 109 Å². The lowest BCUT2D eigenvalue weighted by molar-refractivity contribution is 1.47. The average molecular weight is 331 g/mol. The van der Waals surface area contributed by atoms with E-state index in [-0.39, 0.29) is 0 Å². The van der Waals surface area contributed by atoms with Crippen molar-refractivity contribution in [3.8, 4) is 39.4 Å². The van der Waals surface area contributed by atoms with E-state index in [1.54, 1.807) is 0 Å². The van der Waals surface area contributed by atoms with Crippen molar-refractivity contribution in [1.82, 2.24) is 0 Å². The van der Waals surface area contributed by atoms with Gasteiger partial charge in [-0.2, -0.15) is 5.26 Å². The third kappa shape index (κ3) is 3.14. The highest BCUT2D eigenvalue weighted by Crippen LogP contribution is 2.30. The minimum atomic E-state index is 0.695. The Hall–Kier alpha value is -3.63. The zero-order valence-electron chi connectivity index (χ0n) is 14.3. The van der Waals surface area contributed by atoms with Crippen LogP contribution in [0.5, 0.6) is 0 Å². The van der Waals surface area contributed by atoms with E-state index < -0.39 is 0 Å². The highest BCUT2D eigenvalue weighted by atomic mass is 14.2. The van der Waals surface area contributed by atoms with Crippen molar-refractivity contribution < 1.29 is 0 Å². The summed E-state index contributed by atoms with van der Waals surface area (Å²) in [5.74, 6) is 0. The molecular weight excluding hydrogens is 314 g/mol. The first-order chi connectivity index (χ1) is 12.8. The molecule has 0 spiro atoms. The molecule has 0 N–H and O–H groups in total. The molecular formula is C25H17N. The van der Waals surface area contributed by atoms with E-state index in [2.05, 4.69) is 60.7 Å². The van der Waals surface area contributed by atoms with Gasteiger partial charge in [0, 0.05) is 5.56 Å². The molecule has 0 aromatic heterocycles. The third-order valence-corrected chi connectivity index (χ3v) is 4.55. The molecule has 4 aromatic rings. The molecule has 0 unspecified atom stereocenters. The Morgan fingerprint density at radius 3 is 1.50 bits per heavy atom. The summed E-state index contributed by atoms with van der Waals surface area (Å²) in [7, 11) is 0. The van der Waals surface area contributed by atoms with Gasteiger partial charge in [-0.05, 0) is 39.9 Å². The van der Waals surface area contributed by atoms with E-state index in [0.717, 1.165) is 22.3 Å². The molecule has 0 amide bonds. The van der Waals surface area contributed by atoms with Crippen LogP contribution in [0.3, 0.4) is 0 Å². The van der Waals surface area contributed by atoms with E-state index in [9.17, 15) is 5.26 Å². The van der Waals surface area contributed by atoms with Gasteiger partial charge in [0.2, 0.25) is 0 Å². The van der Waals surface area contributed by atoms with E-state index in [4.69, 9.17) is 0 Å². The highest BCUT2D eigenvalue weighted by molar-refractivity contribution is 5.78. The number of rotatable bonds is 3. The van der Waals surface area contributed by atoms with Gasteiger partial charge < -0.3 is 0 Å². The van der Waals surface area contributed by atoms with Gasteiger partial charge >= 0.3 is 0 Å². The van der Waals surface area contributed by atoms with Gasteiger partial charge in [0.15, 0.2) is 0 Å². The monoisotopic (exact) mass is 331 g/mol. The Morgan fingerprint density at radius 2 is 0.923 bits per heavy atom. The van der Waals surface area contributed by atoms with Crippen LogP contribution in [0.4, 0.5) is 0 Å². The van der Waals surface area contributed by atoms with E-state index in [1.807, 2.05) is 48.5 Å². The number of nitriles is 1. The summed E-state index contributed by atoms with van der Waals surface area (Å²) in [5, 5.41) is 9.45. The van der Waals surface area contributed by atoms with Crippen LogP contribution in [0.2, 0.25) is 0 Å². The molecule has 0 radical (unpaired) electrons. The largest absolute Gasteiger partial charge is 0.192 e.